The fourth-order valence-corrected chi connectivity index (χ4v) is 3.13. The molecule has 0 heterocycles. The van der Waals surface area contributed by atoms with E-state index < -0.39 is 34.6 Å². The monoisotopic (exact) mass is 311 g/mol. The van der Waals surface area contributed by atoms with Crippen LogP contribution in [0.4, 0.5) is 4.39 Å². The van der Waals surface area contributed by atoms with Crippen LogP contribution in [0.15, 0.2) is 23.1 Å². The number of benzene rings is 1. The van der Waals surface area contributed by atoms with E-state index in [9.17, 15) is 23.0 Å². The number of hydrogen-bond donors (Lipinski definition) is 3. The molecule has 0 fully saturated rings. The summed E-state index contributed by atoms with van der Waals surface area (Å²) in [6.07, 6.45) is 0.189. The molecule has 0 aliphatic rings. The van der Waals surface area contributed by atoms with Gasteiger partial charge in [0.1, 0.15) is 5.82 Å². The van der Waals surface area contributed by atoms with Crippen molar-refractivity contribution in [3.05, 3.63) is 29.0 Å². The molecule has 0 bridgehead atoms. The minimum Gasteiger partial charge on any atom is -0.394 e. The number of aliphatic hydroxyl groups excluding tert-OH is 2. The van der Waals surface area contributed by atoms with Crippen molar-refractivity contribution in [2.45, 2.75) is 23.8 Å². The lowest BCUT2D eigenvalue weighted by atomic mass is 10.0. The van der Waals surface area contributed by atoms with Crippen molar-refractivity contribution in [2.24, 2.45) is 0 Å². The van der Waals surface area contributed by atoms with E-state index in [1.807, 2.05) is 0 Å². The van der Waals surface area contributed by atoms with E-state index in [1.54, 1.807) is 6.92 Å². The average molecular weight is 312 g/mol. The average Bonchev–Trinajstić information content (AvgIpc) is 2.39. The molecule has 1 aromatic rings. The molecule has 0 saturated heterocycles. The molecule has 1 aromatic carbocycles. The summed E-state index contributed by atoms with van der Waals surface area (Å²) < 4.78 is 39.4. The Bertz CT molecular complexity index is 537. The summed E-state index contributed by atoms with van der Waals surface area (Å²) in [4.78, 5) is -0.237. The second-order valence-corrected chi connectivity index (χ2v) is 6.22. The smallest absolute Gasteiger partial charge is 0.241 e. The number of hydrogen-bond acceptors (Lipinski definition) is 4. The van der Waals surface area contributed by atoms with Crippen molar-refractivity contribution in [3.63, 3.8) is 0 Å². The third kappa shape index (κ3) is 3.64. The Hall–Kier alpha value is -0.730. The first-order valence-electron chi connectivity index (χ1n) is 5.51. The van der Waals surface area contributed by atoms with Crippen LogP contribution in [0.25, 0.3) is 0 Å². The zero-order chi connectivity index (χ0) is 14.7. The van der Waals surface area contributed by atoms with Crippen molar-refractivity contribution < 1.29 is 23.0 Å². The quantitative estimate of drug-likeness (QED) is 0.728. The van der Waals surface area contributed by atoms with E-state index in [1.165, 1.54) is 0 Å². The summed E-state index contributed by atoms with van der Waals surface area (Å²) in [5, 5.41) is 18.1. The first-order chi connectivity index (χ1) is 8.80. The topological polar surface area (TPSA) is 86.6 Å². The molecule has 108 valence electrons. The maximum absolute atomic E-state index is 13.0. The van der Waals surface area contributed by atoms with E-state index in [0.29, 0.717) is 0 Å². The molecule has 0 radical (unpaired) electrons. The van der Waals surface area contributed by atoms with Crippen molar-refractivity contribution >= 4 is 21.6 Å². The van der Waals surface area contributed by atoms with Gasteiger partial charge in [0.05, 0.1) is 28.7 Å². The van der Waals surface area contributed by atoms with Crippen LogP contribution in [0, 0.1) is 5.82 Å². The van der Waals surface area contributed by atoms with Crippen molar-refractivity contribution in [3.8, 4) is 0 Å². The summed E-state index contributed by atoms with van der Waals surface area (Å²) in [6, 6.07) is 2.95. The highest BCUT2D eigenvalue weighted by Crippen LogP contribution is 2.21. The van der Waals surface area contributed by atoms with Crippen LogP contribution < -0.4 is 4.72 Å². The molecule has 1 rings (SSSR count). The van der Waals surface area contributed by atoms with Crippen LogP contribution in [0.5, 0.6) is 0 Å². The maximum Gasteiger partial charge on any atom is 0.241 e. The van der Waals surface area contributed by atoms with Crippen LogP contribution in [0.2, 0.25) is 5.02 Å². The van der Waals surface area contributed by atoms with E-state index in [2.05, 4.69) is 4.72 Å². The van der Waals surface area contributed by atoms with Gasteiger partial charge in [-0.3, -0.25) is 0 Å². The van der Waals surface area contributed by atoms with E-state index in [4.69, 9.17) is 11.6 Å². The number of sulfonamides is 1. The Morgan fingerprint density at radius 1 is 1.37 bits per heavy atom. The van der Waals surface area contributed by atoms with Gasteiger partial charge in [-0.25, -0.2) is 17.5 Å². The Kier molecular flexibility index (Phi) is 5.28. The number of aliphatic hydroxyl groups is 2. The summed E-state index contributed by atoms with van der Waals surface area (Å²) in [7, 11) is -4.01. The summed E-state index contributed by atoms with van der Waals surface area (Å²) in [5.74, 6) is -0.730. The molecule has 0 amide bonds. The van der Waals surface area contributed by atoms with Gasteiger partial charge >= 0.3 is 0 Å². The minimum absolute atomic E-state index is 0.189. The van der Waals surface area contributed by atoms with Crippen molar-refractivity contribution in [2.75, 3.05) is 13.2 Å². The van der Waals surface area contributed by atoms with Gasteiger partial charge in [0.2, 0.25) is 10.0 Å². The van der Waals surface area contributed by atoms with Crippen LogP contribution >= 0.6 is 11.6 Å². The lowest BCUT2D eigenvalue weighted by molar-refractivity contribution is 0.105. The standard InChI is InChI=1S/C11H15ClFNO4S/c1-2-11(6-15,7-16)14-19(17,18)8-3-4-10(13)9(12)5-8/h3-5,14-16H,2,6-7H2,1H3. The Labute approximate surface area is 116 Å². The van der Waals surface area contributed by atoms with Crippen LogP contribution in [-0.4, -0.2) is 37.4 Å². The van der Waals surface area contributed by atoms with Crippen LogP contribution in [0.1, 0.15) is 13.3 Å². The van der Waals surface area contributed by atoms with Gasteiger partial charge in [0.25, 0.3) is 0 Å². The highest BCUT2D eigenvalue weighted by molar-refractivity contribution is 7.89. The van der Waals surface area contributed by atoms with Crippen molar-refractivity contribution in [1.82, 2.24) is 4.72 Å². The molecule has 0 atom stereocenters. The molecule has 0 aliphatic carbocycles. The molecule has 3 N–H and O–H groups in total. The van der Waals surface area contributed by atoms with E-state index in [-0.39, 0.29) is 16.3 Å². The second kappa shape index (κ2) is 6.15. The summed E-state index contributed by atoms with van der Waals surface area (Å²) >= 11 is 5.53. The predicted molar refractivity (Wildman–Crippen MR) is 68.9 cm³/mol. The van der Waals surface area contributed by atoms with Crippen LogP contribution in [0.3, 0.4) is 0 Å². The van der Waals surface area contributed by atoms with Crippen LogP contribution in [-0.2, 0) is 10.0 Å². The molecule has 5 nitrogen and oxygen atoms in total. The lowest BCUT2D eigenvalue weighted by Crippen LogP contribution is -2.53. The first kappa shape index (κ1) is 16.3. The molecule has 0 spiro atoms. The third-order valence-corrected chi connectivity index (χ3v) is 4.70. The molecule has 0 unspecified atom stereocenters. The SMILES string of the molecule is CCC(CO)(CO)NS(=O)(=O)c1ccc(F)c(Cl)c1. The summed E-state index contributed by atoms with van der Waals surface area (Å²) in [5.41, 5.74) is -1.36. The van der Waals surface area contributed by atoms with E-state index in [0.717, 1.165) is 18.2 Å². The first-order valence-corrected chi connectivity index (χ1v) is 7.37. The molecule has 19 heavy (non-hydrogen) atoms. The largest absolute Gasteiger partial charge is 0.394 e. The summed E-state index contributed by atoms with van der Waals surface area (Å²) in [6.45, 7) is 0.495. The van der Waals surface area contributed by atoms with Gasteiger partial charge in [-0.05, 0) is 24.6 Å². The molecular formula is C11H15ClFNO4S. The van der Waals surface area contributed by atoms with Gasteiger partial charge in [-0.1, -0.05) is 18.5 Å². The van der Waals surface area contributed by atoms with Crippen molar-refractivity contribution in [1.29, 1.82) is 0 Å². The van der Waals surface area contributed by atoms with Gasteiger partial charge in [0.15, 0.2) is 0 Å². The molecule has 8 heteroatoms. The predicted octanol–water partition coefficient (Wildman–Crippen LogP) is 0.891. The van der Waals surface area contributed by atoms with Gasteiger partial charge in [0, 0.05) is 0 Å². The number of nitrogens with one attached hydrogen (secondary N) is 1. The van der Waals surface area contributed by atoms with Gasteiger partial charge < -0.3 is 10.2 Å². The zero-order valence-electron chi connectivity index (χ0n) is 10.2. The van der Waals surface area contributed by atoms with Gasteiger partial charge in [-0.2, -0.15) is 0 Å². The second-order valence-electron chi connectivity index (χ2n) is 4.13. The maximum atomic E-state index is 13.0. The normalized spacial score (nSPS) is 12.7. The Morgan fingerprint density at radius 2 is 1.95 bits per heavy atom. The molecular weight excluding hydrogens is 297 g/mol. The third-order valence-electron chi connectivity index (χ3n) is 2.83. The minimum atomic E-state index is -4.01. The molecule has 0 aliphatic heterocycles. The Balaban J connectivity index is 3.14. The number of halogens is 2. The fourth-order valence-electron chi connectivity index (χ4n) is 1.40. The lowest BCUT2D eigenvalue weighted by Gasteiger charge is -2.29. The fraction of sp³-hybridized carbons (Fsp3) is 0.455. The Morgan fingerprint density at radius 3 is 2.37 bits per heavy atom. The zero-order valence-corrected chi connectivity index (χ0v) is 11.8. The highest BCUT2D eigenvalue weighted by atomic mass is 35.5. The van der Waals surface area contributed by atoms with E-state index >= 15 is 0 Å². The molecule has 0 aromatic heterocycles. The molecule has 0 saturated carbocycles. The highest BCUT2D eigenvalue weighted by Gasteiger charge is 2.32. The number of rotatable bonds is 6. The van der Waals surface area contributed by atoms with Gasteiger partial charge in [-0.15, -0.1) is 0 Å².